The van der Waals surface area contributed by atoms with E-state index in [0.717, 1.165) is 15.7 Å². The molecule has 0 unspecified atom stereocenters. The summed E-state index contributed by atoms with van der Waals surface area (Å²) in [7, 11) is 1.94. The van der Waals surface area contributed by atoms with Gasteiger partial charge in [0.15, 0.2) is 5.16 Å². The lowest BCUT2D eigenvalue weighted by molar-refractivity contribution is 0.788. The second-order valence-corrected chi connectivity index (χ2v) is 4.10. The largest absolute Gasteiger partial charge is 0.368 e. The third-order valence-electron chi connectivity index (χ3n) is 1.91. The van der Waals surface area contributed by atoms with Gasteiger partial charge in [0, 0.05) is 31.2 Å². The fourth-order valence-corrected chi connectivity index (χ4v) is 1.92. The van der Waals surface area contributed by atoms with Crippen molar-refractivity contribution in [1.29, 1.82) is 0 Å². The summed E-state index contributed by atoms with van der Waals surface area (Å²) in [5, 5.41) is 1.73. The fourth-order valence-electron chi connectivity index (χ4n) is 1.08. The van der Waals surface area contributed by atoms with Crippen molar-refractivity contribution in [3.05, 3.63) is 24.2 Å². The van der Waals surface area contributed by atoms with Gasteiger partial charge in [-0.3, -0.25) is 0 Å². The lowest BCUT2D eigenvalue weighted by Gasteiger charge is -2.04. The van der Waals surface area contributed by atoms with Gasteiger partial charge in [-0.05, 0) is 18.7 Å². The van der Waals surface area contributed by atoms with Crippen molar-refractivity contribution in [2.75, 3.05) is 5.73 Å². The topological polar surface area (TPSA) is 69.6 Å². The van der Waals surface area contributed by atoms with Crippen molar-refractivity contribution >= 4 is 17.7 Å². The Bertz CT molecular complexity index is 479. The van der Waals surface area contributed by atoms with E-state index in [1.165, 1.54) is 11.8 Å². The van der Waals surface area contributed by atoms with Crippen LogP contribution in [-0.2, 0) is 7.05 Å². The lowest BCUT2D eigenvalue weighted by atomic mass is 10.4. The number of nitrogens with two attached hydrogens (primary N) is 1. The predicted octanol–water partition coefficient (Wildman–Crippen LogP) is 1.25. The van der Waals surface area contributed by atoms with Gasteiger partial charge in [-0.15, -0.1) is 0 Å². The molecule has 78 valence electrons. The van der Waals surface area contributed by atoms with Crippen LogP contribution in [0.15, 0.2) is 28.8 Å². The molecule has 2 aromatic heterocycles. The van der Waals surface area contributed by atoms with Crippen LogP contribution in [0.5, 0.6) is 0 Å². The number of imidazole rings is 1. The summed E-state index contributed by atoms with van der Waals surface area (Å²) in [5.74, 6) is 0.289. The Morgan fingerprint density at radius 1 is 1.40 bits per heavy atom. The van der Waals surface area contributed by atoms with Crippen LogP contribution >= 0.6 is 11.8 Å². The molecule has 2 rings (SSSR count). The molecule has 0 bridgehead atoms. The SMILES string of the molecule is Cc1cnc(N)nc1Sc1nccn1C. The highest BCUT2D eigenvalue weighted by molar-refractivity contribution is 7.99. The Morgan fingerprint density at radius 2 is 2.20 bits per heavy atom. The van der Waals surface area contributed by atoms with E-state index in [2.05, 4.69) is 15.0 Å². The minimum atomic E-state index is 0.289. The molecule has 6 heteroatoms. The minimum absolute atomic E-state index is 0.289. The van der Waals surface area contributed by atoms with Crippen LogP contribution in [0, 0.1) is 6.92 Å². The average Bonchev–Trinajstić information content (AvgIpc) is 2.58. The number of nitrogen functional groups attached to an aromatic ring is 1. The molecular weight excluding hydrogens is 210 g/mol. The molecular formula is C9H11N5S. The van der Waals surface area contributed by atoms with Gasteiger partial charge >= 0.3 is 0 Å². The number of nitrogens with zero attached hydrogens (tertiary/aromatic N) is 4. The van der Waals surface area contributed by atoms with Crippen molar-refractivity contribution in [1.82, 2.24) is 19.5 Å². The maximum Gasteiger partial charge on any atom is 0.221 e. The zero-order chi connectivity index (χ0) is 10.8. The Labute approximate surface area is 91.8 Å². The van der Waals surface area contributed by atoms with Crippen LogP contribution in [0.2, 0.25) is 0 Å². The van der Waals surface area contributed by atoms with Crippen LogP contribution in [0.1, 0.15) is 5.56 Å². The number of anilines is 1. The fraction of sp³-hybridized carbons (Fsp3) is 0.222. The summed E-state index contributed by atoms with van der Waals surface area (Å²) in [6.45, 7) is 1.95. The summed E-state index contributed by atoms with van der Waals surface area (Å²) in [5.41, 5.74) is 6.53. The number of aromatic nitrogens is 4. The van der Waals surface area contributed by atoms with Gasteiger partial charge in [-0.2, -0.15) is 0 Å². The van der Waals surface area contributed by atoms with E-state index in [-0.39, 0.29) is 5.95 Å². The summed E-state index contributed by atoms with van der Waals surface area (Å²) < 4.78 is 1.93. The number of hydrogen-bond acceptors (Lipinski definition) is 5. The number of hydrogen-bond donors (Lipinski definition) is 1. The van der Waals surface area contributed by atoms with Crippen LogP contribution < -0.4 is 5.73 Å². The van der Waals surface area contributed by atoms with E-state index in [4.69, 9.17) is 5.73 Å². The van der Waals surface area contributed by atoms with Crippen LogP contribution in [0.3, 0.4) is 0 Å². The zero-order valence-corrected chi connectivity index (χ0v) is 9.32. The summed E-state index contributed by atoms with van der Waals surface area (Å²) in [6.07, 6.45) is 5.36. The van der Waals surface area contributed by atoms with Crippen molar-refractivity contribution in [3.8, 4) is 0 Å². The molecule has 0 aromatic carbocycles. The Balaban J connectivity index is 2.32. The molecule has 2 heterocycles. The predicted molar refractivity (Wildman–Crippen MR) is 58.5 cm³/mol. The highest BCUT2D eigenvalue weighted by Gasteiger charge is 2.07. The Hall–Kier alpha value is -1.56. The van der Waals surface area contributed by atoms with Crippen molar-refractivity contribution < 1.29 is 0 Å². The zero-order valence-electron chi connectivity index (χ0n) is 8.51. The third-order valence-corrected chi connectivity index (χ3v) is 3.09. The first-order valence-electron chi connectivity index (χ1n) is 4.41. The van der Waals surface area contributed by atoms with Gasteiger partial charge in [-0.1, -0.05) is 0 Å². The van der Waals surface area contributed by atoms with Crippen LogP contribution in [0.25, 0.3) is 0 Å². The summed E-state index contributed by atoms with van der Waals surface area (Å²) >= 11 is 1.48. The molecule has 0 radical (unpaired) electrons. The number of aryl methyl sites for hydroxylation is 2. The van der Waals surface area contributed by atoms with Gasteiger partial charge in [0.1, 0.15) is 5.03 Å². The molecule has 2 N–H and O–H groups in total. The molecule has 0 amide bonds. The third kappa shape index (κ3) is 2.10. The molecule has 2 aromatic rings. The lowest BCUT2D eigenvalue weighted by Crippen LogP contribution is -1.98. The average molecular weight is 221 g/mol. The maximum absolute atomic E-state index is 5.53. The first-order valence-corrected chi connectivity index (χ1v) is 5.23. The van der Waals surface area contributed by atoms with Crippen molar-refractivity contribution in [3.63, 3.8) is 0 Å². The van der Waals surface area contributed by atoms with E-state index in [9.17, 15) is 0 Å². The van der Waals surface area contributed by atoms with Crippen LogP contribution in [-0.4, -0.2) is 19.5 Å². The normalized spacial score (nSPS) is 10.5. The molecule has 0 fully saturated rings. The number of rotatable bonds is 2. The van der Waals surface area contributed by atoms with Crippen molar-refractivity contribution in [2.45, 2.75) is 17.1 Å². The second kappa shape index (κ2) is 3.90. The van der Waals surface area contributed by atoms with Crippen molar-refractivity contribution in [2.24, 2.45) is 7.05 Å². The quantitative estimate of drug-likeness (QED) is 0.773. The molecule has 15 heavy (non-hydrogen) atoms. The van der Waals surface area contributed by atoms with E-state index < -0.39 is 0 Å². The molecule has 0 saturated carbocycles. The highest BCUT2D eigenvalue weighted by Crippen LogP contribution is 2.26. The Morgan fingerprint density at radius 3 is 2.87 bits per heavy atom. The van der Waals surface area contributed by atoms with E-state index >= 15 is 0 Å². The Kier molecular flexibility index (Phi) is 2.59. The van der Waals surface area contributed by atoms with Crippen LogP contribution in [0.4, 0.5) is 5.95 Å². The molecule has 5 nitrogen and oxygen atoms in total. The molecule has 0 aliphatic carbocycles. The molecule has 0 spiro atoms. The van der Waals surface area contributed by atoms with Gasteiger partial charge in [0.2, 0.25) is 5.95 Å². The minimum Gasteiger partial charge on any atom is -0.368 e. The van der Waals surface area contributed by atoms with Gasteiger partial charge in [-0.25, -0.2) is 15.0 Å². The van der Waals surface area contributed by atoms with E-state index in [1.54, 1.807) is 12.4 Å². The monoisotopic (exact) mass is 221 g/mol. The van der Waals surface area contributed by atoms with E-state index in [1.807, 2.05) is 24.7 Å². The first kappa shape index (κ1) is 9.97. The van der Waals surface area contributed by atoms with Gasteiger partial charge < -0.3 is 10.3 Å². The summed E-state index contributed by atoms with van der Waals surface area (Å²) in [4.78, 5) is 12.3. The maximum atomic E-state index is 5.53. The molecule has 0 aliphatic rings. The molecule has 0 saturated heterocycles. The second-order valence-electron chi connectivity index (χ2n) is 3.14. The van der Waals surface area contributed by atoms with Gasteiger partial charge in [0.05, 0.1) is 0 Å². The van der Waals surface area contributed by atoms with E-state index in [0.29, 0.717) is 0 Å². The highest BCUT2D eigenvalue weighted by atomic mass is 32.2. The summed E-state index contributed by atoms with van der Waals surface area (Å²) in [6, 6.07) is 0. The molecule has 0 aliphatic heterocycles. The molecule has 0 atom stereocenters. The van der Waals surface area contributed by atoms with Gasteiger partial charge in [0.25, 0.3) is 0 Å². The first-order chi connectivity index (χ1) is 7.16. The smallest absolute Gasteiger partial charge is 0.221 e. The standard InChI is InChI=1S/C9H11N5S/c1-6-5-12-8(10)13-7(6)15-9-11-3-4-14(9)2/h3-5H,1-2H3,(H2,10,12,13).